The van der Waals surface area contributed by atoms with Crippen molar-refractivity contribution in [1.82, 2.24) is 4.90 Å². The molecular formula is C17H18N2O4S. The van der Waals surface area contributed by atoms with Crippen molar-refractivity contribution in [3.63, 3.8) is 0 Å². The Hall–Kier alpha value is -2.54. The zero-order valence-corrected chi connectivity index (χ0v) is 14.7. The normalized spacial score (nSPS) is 10.3. The average Bonchev–Trinajstić information content (AvgIpc) is 2.55. The van der Waals surface area contributed by atoms with Gasteiger partial charge >= 0.3 is 0 Å². The lowest BCUT2D eigenvalue weighted by molar-refractivity contribution is -0.387. The topological polar surface area (TPSA) is 72.7 Å². The van der Waals surface area contributed by atoms with Gasteiger partial charge in [-0.05, 0) is 36.8 Å². The molecule has 0 aliphatic rings. The van der Waals surface area contributed by atoms with Gasteiger partial charge in [-0.1, -0.05) is 17.8 Å². The second-order valence-electron chi connectivity index (χ2n) is 5.39. The van der Waals surface area contributed by atoms with Crippen molar-refractivity contribution >= 4 is 23.4 Å². The number of ether oxygens (including phenoxy) is 1. The van der Waals surface area contributed by atoms with Crippen LogP contribution >= 0.6 is 11.8 Å². The van der Waals surface area contributed by atoms with Crippen LogP contribution in [0.15, 0.2) is 46.2 Å². The van der Waals surface area contributed by atoms with E-state index in [0.717, 1.165) is 5.56 Å². The third-order valence-electron chi connectivity index (χ3n) is 3.35. The lowest BCUT2D eigenvalue weighted by atomic mass is 10.2. The van der Waals surface area contributed by atoms with Crippen LogP contribution in [0.1, 0.15) is 15.9 Å². The fraction of sp³-hybridized carbons (Fsp3) is 0.235. The highest BCUT2D eigenvalue weighted by molar-refractivity contribution is 7.99. The number of amides is 1. The van der Waals surface area contributed by atoms with Crippen LogP contribution in [-0.2, 0) is 0 Å². The molecule has 0 fully saturated rings. The number of nitro groups is 1. The van der Waals surface area contributed by atoms with Gasteiger partial charge in [-0.2, -0.15) is 0 Å². The maximum absolute atomic E-state index is 12.4. The molecule has 0 atom stereocenters. The van der Waals surface area contributed by atoms with Gasteiger partial charge in [0.25, 0.3) is 11.6 Å². The van der Waals surface area contributed by atoms with Crippen molar-refractivity contribution in [2.24, 2.45) is 0 Å². The van der Waals surface area contributed by atoms with E-state index in [4.69, 9.17) is 4.74 Å². The first kappa shape index (κ1) is 17.8. The highest BCUT2D eigenvalue weighted by atomic mass is 32.2. The molecule has 0 aliphatic carbocycles. The molecular weight excluding hydrogens is 328 g/mol. The zero-order valence-electron chi connectivity index (χ0n) is 13.9. The molecule has 0 unspecified atom stereocenters. The van der Waals surface area contributed by atoms with E-state index in [2.05, 4.69) is 0 Å². The molecule has 0 bridgehead atoms. The first-order chi connectivity index (χ1) is 11.3. The average molecular weight is 346 g/mol. The van der Waals surface area contributed by atoms with E-state index in [-0.39, 0.29) is 11.6 Å². The molecule has 0 spiro atoms. The molecule has 24 heavy (non-hydrogen) atoms. The molecule has 7 heteroatoms. The molecule has 2 aromatic carbocycles. The molecule has 0 saturated carbocycles. The number of aryl methyl sites for hydroxylation is 1. The number of methoxy groups -OCH3 is 1. The summed E-state index contributed by atoms with van der Waals surface area (Å²) < 4.78 is 5.18. The Morgan fingerprint density at radius 3 is 2.42 bits per heavy atom. The van der Waals surface area contributed by atoms with Crippen LogP contribution in [0.5, 0.6) is 5.75 Å². The molecule has 0 N–H and O–H groups in total. The Kier molecular flexibility index (Phi) is 5.46. The lowest BCUT2D eigenvalue weighted by Gasteiger charge is -2.15. The van der Waals surface area contributed by atoms with E-state index < -0.39 is 4.92 Å². The Bertz CT molecular complexity index is 790. The second kappa shape index (κ2) is 7.35. The van der Waals surface area contributed by atoms with Gasteiger partial charge in [-0.15, -0.1) is 0 Å². The van der Waals surface area contributed by atoms with Gasteiger partial charge in [0.15, 0.2) is 0 Å². The van der Waals surface area contributed by atoms with Crippen LogP contribution in [0.3, 0.4) is 0 Å². The summed E-state index contributed by atoms with van der Waals surface area (Å²) in [6.07, 6.45) is 0. The number of rotatable bonds is 5. The number of hydrogen-bond donors (Lipinski definition) is 0. The van der Waals surface area contributed by atoms with Gasteiger partial charge in [-0.25, -0.2) is 0 Å². The van der Waals surface area contributed by atoms with E-state index >= 15 is 0 Å². The van der Waals surface area contributed by atoms with Gasteiger partial charge in [0.1, 0.15) is 5.75 Å². The molecule has 0 aliphatic heterocycles. The molecule has 1 amide bonds. The van der Waals surface area contributed by atoms with Crippen LogP contribution in [0.25, 0.3) is 0 Å². The summed E-state index contributed by atoms with van der Waals surface area (Å²) in [5.74, 6) is 0.370. The molecule has 2 rings (SSSR count). The predicted molar refractivity (Wildman–Crippen MR) is 93.0 cm³/mol. The van der Waals surface area contributed by atoms with E-state index in [0.29, 0.717) is 21.1 Å². The SMILES string of the molecule is COc1ccc(Sc2ccc(C)cc2[N+](=O)[O-])c(C(=O)N(C)C)c1. The minimum atomic E-state index is -0.410. The number of benzene rings is 2. The molecule has 0 aromatic heterocycles. The van der Waals surface area contributed by atoms with Crippen molar-refractivity contribution < 1.29 is 14.5 Å². The zero-order chi connectivity index (χ0) is 17.9. The quantitative estimate of drug-likeness (QED) is 0.609. The van der Waals surface area contributed by atoms with Crippen molar-refractivity contribution in [3.8, 4) is 5.75 Å². The fourth-order valence-electron chi connectivity index (χ4n) is 2.11. The molecule has 126 valence electrons. The maximum atomic E-state index is 12.4. The highest BCUT2D eigenvalue weighted by Crippen LogP contribution is 2.38. The Balaban J connectivity index is 2.50. The van der Waals surface area contributed by atoms with Gasteiger partial charge < -0.3 is 9.64 Å². The second-order valence-corrected chi connectivity index (χ2v) is 6.48. The van der Waals surface area contributed by atoms with Crippen LogP contribution in [0.2, 0.25) is 0 Å². The summed E-state index contributed by atoms with van der Waals surface area (Å²) in [5.41, 5.74) is 1.28. The third kappa shape index (κ3) is 3.86. The molecule has 2 aromatic rings. The summed E-state index contributed by atoms with van der Waals surface area (Å²) in [7, 11) is 4.84. The van der Waals surface area contributed by atoms with E-state index in [1.54, 1.807) is 45.3 Å². The van der Waals surface area contributed by atoms with Crippen molar-refractivity contribution in [1.29, 1.82) is 0 Å². The maximum Gasteiger partial charge on any atom is 0.283 e. The first-order valence-electron chi connectivity index (χ1n) is 7.16. The highest BCUT2D eigenvalue weighted by Gasteiger charge is 2.20. The summed E-state index contributed by atoms with van der Waals surface area (Å²) in [6.45, 7) is 1.80. The largest absolute Gasteiger partial charge is 0.497 e. The molecule has 6 nitrogen and oxygen atoms in total. The van der Waals surface area contributed by atoms with Crippen molar-refractivity contribution in [3.05, 3.63) is 57.6 Å². The van der Waals surface area contributed by atoms with Crippen molar-refractivity contribution in [2.75, 3.05) is 21.2 Å². The predicted octanol–water partition coefficient (Wildman–Crippen LogP) is 3.76. The van der Waals surface area contributed by atoms with Crippen LogP contribution < -0.4 is 4.74 Å². The number of carbonyl (C=O) groups excluding carboxylic acids is 1. The molecule has 0 saturated heterocycles. The summed E-state index contributed by atoms with van der Waals surface area (Å²) in [6, 6.07) is 10.2. The van der Waals surface area contributed by atoms with Crippen LogP contribution in [0.4, 0.5) is 5.69 Å². The lowest BCUT2D eigenvalue weighted by Crippen LogP contribution is -2.22. The molecule has 0 heterocycles. The number of carbonyl (C=O) groups is 1. The van der Waals surface area contributed by atoms with Crippen molar-refractivity contribution in [2.45, 2.75) is 16.7 Å². The Morgan fingerprint density at radius 2 is 1.83 bits per heavy atom. The summed E-state index contributed by atoms with van der Waals surface area (Å²) in [5, 5.41) is 11.3. The van der Waals surface area contributed by atoms with Gasteiger partial charge in [0, 0.05) is 25.1 Å². The summed E-state index contributed by atoms with van der Waals surface area (Å²) in [4.78, 5) is 25.9. The van der Waals surface area contributed by atoms with Gasteiger partial charge in [0.2, 0.25) is 0 Å². The van der Waals surface area contributed by atoms with Gasteiger partial charge in [-0.3, -0.25) is 14.9 Å². The standard InChI is InChI=1S/C17H18N2O4S/c1-11-5-7-16(14(9-11)19(21)22)24-15-8-6-12(23-4)10-13(15)17(20)18(2)3/h5-10H,1-4H3. The number of hydrogen-bond acceptors (Lipinski definition) is 5. The number of nitrogens with zero attached hydrogens (tertiary/aromatic N) is 2. The van der Waals surface area contributed by atoms with E-state index in [1.807, 2.05) is 6.07 Å². The smallest absolute Gasteiger partial charge is 0.283 e. The minimum Gasteiger partial charge on any atom is -0.497 e. The summed E-state index contributed by atoms with van der Waals surface area (Å²) >= 11 is 1.20. The number of nitro benzene ring substituents is 1. The van der Waals surface area contributed by atoms with E-state index in [9.17, 15) is 14.9 Å². The Labute approximate surface area is 144 Å². The molecule has 0 radical (unpaired) electrons. The van der Waals surface area contributed by atoms with Crippen LogP contribution in [0, 0.1) is 17.0 Å². The Morgan fingerprint density at radius 1 is 1.17 bits per heavy atom. The first-order valence-corrected chi connectivity index (χ1v) is 7.97. The van der Waals surface area contributed by atoms with Gasteiger partial charge in [0.05, 0.1) is 22.5 Å². The van der Waals surface area contributed by atoms with Crippen LogP contribution in [-0.4, -0.2) is 36.9 Å². The van der Waals surface area contributed by atoms with E-state index in [1.165, 1.54) is 29.8 Å². The minimum absolute atomic E-state index is 0.0269. The third-order valence-corrected chi connectivity index (χ3v) is 4.50. The monoisotopic (exact) mass is 346 g/mol. The fourth-order valence-corrected chi connectivity index (χ4v) is 3.11.